The van der Waals surface area contributed by atoms with E-state index in [9.17, 15) is 4.79 Å². The van der Waals surface area contributed by atoms with Gasteiger partial charge in [-0.25, -0.2) is 0 Å². The number of anilines is 2. The van der Waals surface area contributed by atoms with Gasteiger partial charge < -0.3 is 19.7 Å². The fourth-order valence-electron chi connectivity index (χ4n) is 4.55. The standard InChI is InChI=1S/C26H27N3O3/c1-31-24-12-11-19(17-20(24)18-28-13-15-32-16-14-28)25-27-23-10-6-5-9-22(23)26(30)29(25)21-7-3-2-4-8-21/h2-12,17,25,27H,13-16,18H2,1H3/p+1/t25-/m1/s1. The van der Waals surface area contributed by atoms with Crippen LogP contribution < -0.4 is 19.9 Å². The molecule has 0 bridgehead atoms. The maximum Gasteiger partial charge on any atom is 0.262 e. The minimum atomic E-state index is -0.316. The summed E-state index contributed by atoms with van der Waals surface area (Å²) in [7, 11) is 1.71. The van der Waals surface area contributed by atoms with Gasteiger partial charge in [0.2, 0.25) is 0 Å². The number of morpholine rings is 1. The SMILES string of the molecule is COc1ccc([C@@H]2Nc3ccccc3C(=O)N2c2ccccc2)cc1C[NH+]1CCOCC1. The summed E-state index contributed by atoms with van der Waals surface area (Å²) in [5, 5.41) is 3.60. The van der Waals surface area contributed by atoms with Crippen molar-refractivity contribution in [3.05, 3.63) is 89.5 Å². The molecular weight excluding hydrogens is 402 g/mol. The Morgan fingerprint density at radius 2 is 1.78 bits per heavy atom. The molecule has 1 fully saturated rings. The van der Waals surface area contributed by atoms with Gasteiger partial charge in [0.05, 0.1) is 25.9 Å². The van der Waals surface area contributed by atoms with Crippen molar-refractivity contribution in [3.63, 3.8) is 0 Å². The highest BCUT2D eigenvalue weighted by molar-refractivity contribution is 6.12. The second-order valence-corrected chi connectivity index (χ2v) is 8.21. The fourth-order valence-corrected chi connectivity index (χ4v) is 4.55. The summed E-state index contributed by atoms with van der Waals surface area (Å²) >= 11 is 0. The summed E-state index contributed by atoms with van der Waals surface area (Å²) in [4.78, 5) is 16.9. The van der Waals surface area contributed by atoms with E-state index in [1.54, 1.807) is 7.11 Å². The van der Waals surface area contributed by atoms with Gasteiger partial charge in [0.1, 0.15) is 31.5 Å². The number of nitrogens with one attached hydrogen (secondary N) is 2. The number of quaternary nitrogens is 1. The van der Waals surface area contributed by atoms with Crippen LogP contribution in [0.3, 0.4) is 0 Å². The highest BCUT2D eigenvalue weighted by Crippen LogP contribution is 2.37. The molecule has 32 heavy (non-hydrogen) atoms. The lowest BCUT2D eigenvalue weighted by atomic mass is 10.0. The minimum absolute atomic E-state index is 0.00766. The van der Waals surface area contributed by atoms with Crippen molar-refractivity contribution >= 4 is 17.3 Å². The Morgan fingerprint density at radius 1 is 1.03 bits per heavy atom. The first kappa shape index (κ1) is 20.5. The Balaban J connectivity index is 1.55. The highest BCUT2D eigenvalue weighted by Gasteiger charge is 2.34. The van der Waals surface area contributed by atoms with Crippen LogP contribution in [-0.2, 0) is 11.3 Å². The van der Waals surface area contributed by atoms with E-state index in [4.69, 9.17) is 9.47 Å². The van der Waals surface area contributed by atoms with Crippen molar-refractivity contribution in [3.8, 4) is 5.75 Å². The van der Waals surface area contributed by atoms with Gasteiger partial charge in [0.15, 0.2) is 0 Å². The Hall–Kier alpha value is -3.35. The number of hydrogen-bond acceptors (Lipinski definition) is 4. The lowest BCUT2D eigenvalue weighted by Gasteiger charge is -2.38. The molecule has 2 heterocycles. The van der Waals surface area contributed by atoms with E-state index in [1.807, 2.05) is 71.6 Å². The second kappa shape index (κ2) is 9.02. The molecule has 2 aliphatic rings. The quantitative estimate of drug-likeness (QED) is 0.654. The number of fused-ring (bicyclic) bond motifs is 1. The Bertz CT molecular complexity index is 1100. The van der Waals surface area contributed by atoms with Gasteiger partial charge in [-0.3, -0.25) is 9.69 Å². The molecule has 0 aromatic heterocycles. The number of amides is 1. The Kier molecular flexibility index (Phi) is 5.79. The number of rotatable bonds is 5. The first-order valence-electron chi connectivity index (χ1n) is 11.1. The number of carbonyl (C=O) groups is 1. The van der Waals surface area contributed by atoms with Crippen LogP contribution in [0.25, 0.3) is 0 Å². The topological polar surface area (TPSA) is 55.2 Å². The third-order valence-corrected chi connectivity index (χ3v) is 6.22. The molecular formula is C26H28N3O3+. The number of carbonyl (C=O) groups excluding carboxylic acids is 1. The summed E-state index contributed by atoms with van der Waals surface area (Å²) in [5.41, 5.74) is 4.56. The van der Waals surface area contributed by atoms with Gasteiger partial charge in [0, 0.05) is 16.9 Å². The minimum Gasteiger partial charge on any atom is -0.496 e. The number of nitrogens with zero attached hydrogens (tertiary/aromatic N) is 1. The maximum absolute atomic E-state index is 13.6. The van der Waals surface area contributed by atoms with Gasteiger partial charge in [-0.1, -0.05) is 36.4 Å². The maximum atomic E-state index is 13.6. The predicted molar refractivity (Wildman–Crippen MR) is 124 cm³/mol. The predicted octanol–water partition coefficient (Wildman–Crippen LogP) is 2.88. The normalized spacial score (nSPS) is 18.7. The first-order valence-corrected chi connectivity index (χ1v) is 11.1. The smallest absolute Gasteiger partial charge is 0.262 e. The molecule has 0 unspecified atom stereocenters. The van der Waals surface area contributed by atoms with Crippen LogP contribution in [0, 0.1) is 0 Å². The van der Waals surface area contributed by atoms with Crippen LogP contribution in [0.2, 0.25) is 0 Å². The lowest BCUT2D eigenvalue weighted by Crippen LogP contribution is -3.12. The number of hydrogen-bond donors (Lipinski definition) is 2. The molecule has 0 radical (unpaired) electrons. The van der Waals surface area contributed by atoms with Crippen molar-refractivity contribution in [1.82, 2.24) is 0 Å². The van der Waals surface area contributed by atoms with Crippen molar-refractivity contribution in [2.24, 2.45) is 0 Å². The highest BCUT2D eigenvalue weighted by atomic mass is 16.5. The van der Waals surface area contributed by atoms with E-state index < -0.39 is 0 Å². The number of para-hydroxylation sites is 2. The molecule has 1 saturated heterocycles. The van der Waals surface area contributed by atoms with Crippen molar-refractivity contribution in [2.75, 3.05) is 43.6 Å². The van der Waals surface area contributed by atoms with Gasteiger partial charge in [-0.15, -0.1) is 0 Å². The molecule has 2 aliphatic heterocycles. The molecule has 3 aromatic carbocycles. The molecule has 2 N–H and O–H groups in total. The zero-order chi connectivity index (χ0) is 21.9. The van der Waals surface area contributed by atoms with Crippen LogP contribution in [0.1, 0.15) is 27.7 Å². The molecule has 0 aliphatic carbocycles. The first-order chi connectivity index (χ1) is 15.7. The summed E-state index contributed by atoms with van der Waals surface area (Å²) < 4.78 is 11.2. The Labute approximate surface area is 188 Å². The van der Waals surface area contributed by atoms with E-state index in [0.717, 1.165) is 61.1 Å². The van der Waals surface area contributed by atoms with Crippen molar-refractivity contribution in [2.45, 2.75) is 12.7 Å². The third-order valence-electron chi connectivity index (χ3n) is 6.22. The van der Waals surface area contributed by atoms with Crippen LogP contribution >= 0.6 is 0 Å². The van der Waals surface area contributed by atoms with Crippen LogP contribution in [0.15, 0.2) is 72.8 Å². The Morgan fingerprint density at radius 3 is 2.56 bits per heavy atom. The van der Waals surface area contributed by atoms with Crippen LogP contribution in [0.4, 0.5) is 11.4 Å². The third kappa shape index (κ3) is 3.95. The summed E-state index contributed by atoms with van der Waals surface area (Å²) in [6, 6.07) is 23.8. The van der Waals surface area contributed by atoms with E-state index in [2.05, 4.69) is 11.4 Å². The molecule has 6 nitrogen and oxygen atoms in total. The number of ether oxygens (including phenoxy) is 2. The number of benzene rings is 3. The van der Waals surface area contributed by atoms with Gasteiger partial charge in [-0.05, 0) is 42.0 Å². The van der Waals surface area contributed by atoms with E-state index in [1.165, 1.54) is 4.90 Å². The molecule has 164 valence electrons. The van der Waals surface area contributed by atoms with E-state index in [-0.39, 0.29) is 12.1 Å². The molecule has 1 amide bonds. The lowest BCUT2D eigenvalue weighted by molar-refractivity contribution is -0.921. The summed E-state index contributed by atoms with van der Waals surface area (Å²) in [6.07, 6.45) is -0.316. The van der Waals surface area contributed by atoms with Crippen LogP contribution in [-0.4, -0.2) is 39.3 Å². The second-order valence-electron chi connectivity index (χ2n) is 8.21. The largest absolute Gasteiger partial charge is 0.496 e. The number of methoxy groups -OCH3 is 1. The van der Waals surface area contributed by atoms with Gasteiger partial charge in [-0.2, -0.15) is 0 Å². The zero-order valence-electron chi connectivity index (χ0n) is 18.2. The molecule has 0 saturated carbocycles. The van der Waals surface area contributed by atoms with Crippen molar-refractivity contribution < 1.29 is 19.2 Å². The van der Waals surface area contributed by atoms with Crippen LogP contribution in [0.5, 0.6) is 5.75 Å². The summed E-state index contributed by atoms with van der Waals surface area (Å²) in [5.74, 6) is 0.869. The fraction of sp³-hybridized carbons (Fsp3) is 0.269. The van der Waals surface area contributed by atoms with Gasteiger partial charge in [0.25, 0.3) is 5.91 Å². The van der Waals surface area contributed by atoms with E-state index in [0.29, 0.717) is 5.56 Å². The zero-order valence-corrected chi connectivity index (χ0v) is 18.2. The monoisotopic (exact) mass is 430 g/mol. The molecule has 6 heteroatoms. The van der Waals surface area contributed by atoms with Crippen molar-refractivity contribution in [1.29, 1.82) is 0 Å². The molecule has 3 aromatic rings. The molecule has 1 atom stereocenters. The molecule has 0 spiro atoms. The summed E-state index contributed by atoms with van der Waals surface area (Å²) in [6.45, 7) is 4.40. The average molecular weight is 431 g/mol. The van der Waals surface area contributed by atoms with Gasteiger partial charge >= 0.3 is 0 Å². The van der Waals surface area contributed by atoms with E-state index >= 15 is 0 Å². The average Bonchev–Trinajstić information content (AvgIpc) is 2.85. The molecule has 5 rings (SSSR count).